The monoisotopic (exact) mass is 678 g/mol. The number of nitrogens with two attached hydrogens (primary N) is 2. The van der Waals surface area contributed by atoms with E-state index in [4.69, 9.17) is 16.2 Å². The Balaban J connectivity index is 1.42. The van der Waals surface area contributed by atoms with Gasteiger partial charge in [-0.3, -0.25) is 14.7 Å². The highest BCUT2D eigenvalue weighted by Crippen LogP contribution is 2.27. The number of sulfonamides is 1. The molecule has 3 aromatic carbocycles. The summed E-state index contributed by atoms with van der Waals surface area (Å²) in [7, 11) is -4.01. The van der Waals surface area contributed by atoms with Crippen molar-refractivity contribution in [1.29, 1.82) is 0 Å². The molecule has 1 saturated heterocycles. The maximum Gasteiger partial charge on any atom is 0.415 e. The highest BCUT2D eigenvalue weighted by atomic mass is 32.2. The Bertz CT molecular complexity index is 1870. The molecule has 5 rings (SSSR count). The van der Waals surface area contributed by atoms with Crippen LogP contribution >= 0.6 is 11.3 Å². The van der Waals surface area contributed by atoms with Crippen molar-refractivity contribution in [3.8, 4) is 0 Å². The Morgan fingerprint density at radius 2 is 1.89 bits per heavy atom. The number of nitrogens with zero attached hydrogens (tertiary/aromatic N) is 4. The van der Waals surface area contributed by atoms with Gasteiger partial charge in [-0.15, -0.1) is 11.3 Å². The minimum absolute atomic E-state index is 0.0130. The van der Waals surface area contributed by atoms with E-state index < -0.39 is 40.3 Å². The summed E-state index contributed by atoms with van der Waals surface area (Å²) in [6.07, 6.45) is -1.91. The van der Waals surface area contributed by atoms with Gasteiger partial charge in [-0.1, -0.05) is 56.7 Å². The summed E-state index contributed by atoms with van der Waals surface area (Å²) in [5.41, 5.74) is 15.7. The van der Waals surface area contributed by atoms with Gasteiger partial charge in [0.1, 0.15) is 5.84 Å². The lowest BCUT2D eigenvalue weighted by Gasteiger charge is -2.29. The zero-order valence-electron chi connectivity index (χ0n) is 26.1. The fraction of sp³-hybridized carbons (Fsp3) is 0.333. The van der Waals surface area contributed by atoms with Crippen LogP contribution in [-0.4, -0.2) is 78.5 Å². The Kier molecular flexibility index (Phi) is 10.5. The van der Waals surface area contributed by atoms with Gasteiger partial charge in [0.2, 0.25) is 15.9 Å². The molecule has 1 aromatic heterocycles. The van der Waals surface area contributed by atoms with Crippen LogP contribution in [-0.2, 0) is 21.2 Å². The van der Waals surface area contributed by atoms with Crippen LogP contribution in [0.1, 0.15) is 36.2 Å². The molecule has 12 nitrogen and oxygen atoms in total. The summed E-state index contributed by atoms with van der Waals surface area (Å²) in [4.78, 5) is 34.8. The van der Waals surface area contributed by atoms with E-state index in [1.54, 1.807) is 35.8 Å². The van der Waals surface area contributed by atoms with Crippen molar-refractivity contribution < 1.29 is 27.9 Å². The molecule has 47 heavy (non-hydrogen) atoms. The second kappa shape index (κ2) is 14.6. The molecular weight excluding hydrogens is 641 g/mol. The number of cyclic esters (lactones) is 1. The van der Waals surface area contributed by atoms with Gasteiger partial charge in [0.15, 0.2) is 6.10 Å². The number of ether oxygens (including phenoxy) is 1. The zero-order chi connectivity index (χ0) is 33.7. The van der Waals surface area contributed by atoms with Crippen LogP contribution in [0.3, 0.4) is 0 Å². The van der Waals surface area contributed by atoms with Crippen molar-refractivity contribution in [2.75, 3.05) is 24.5 Å². The second-order valence-electron chi connectivity index (χ2n) is 11.6. The normalized spacial score (nSPS) is 17.5. The highest BCUT2D eigenvalue weighted by Gasteiger charge is 2.37. The number of carbonyl (C=O) groups excluding carboxylic acids is 2. The molecule has 0 aliphatic carbocycles. The number of aliphatic imine (C=N–C) groups is 1. The predicted octanol–water partition coefficient (Wildman–Crippen LogP) is 3.79. The molecule has 0 saturated carbocycles. The molecule has 3 unspecified atom stereocenters. The molecule has 2 heterocycles. The molecule has 1 fully saturated rings. The molecule has 14 heteroatoms. The molecule has 0 radical (unpaired) electrons. The number of thiazole rings is 1. The molecule has 0 spiro atoms. The Hall–Kier alpha value is -4.37. The molecule has 5 N–H and O–H groups in total. The Morgan fingerprint density at radius 3 is 2.62 bits per heavy atom. The van der Waals surface area contributed by atoms with E-state index in [0.717, 1.165) is 16.7 Å². The van der Waals surface area contributed by atoms with Gasteiger partial charge in [-0.25, -0.2) is 18.2 Å². The molecule has 1 aliphatic heterocycles. The van der Waals surface area contributed by atoms with Gasteiger partial charge in [0, 0.05) is 24.3 Å². The smallest absolute Gasteiger partial charge is 0.415 e. The number of aliphatic hydroxyl groups is 1. The van der Waals surface area contributed by atoms with Crippen molar-refractivity contribution in [3.63, 3.8) is 0 Å². The van der Waals surface area contributed by atoms with Crippen LogP contribution < -0.4 is 16.4 Å². The number of aliphatic hydroxyl groups excluding tert-OH is 1. The van der Waals surface area contributed by atoms with Crippen LogP contribution in [0.4, 0.5) is 10.5 Å². The number of hydrogen-bond donors (Lipinski definition) is 3. The van der Waals surface area contributed by atoms with Crippen molar-refractivity contribution in [1.82, 2.24) is 9.29 Å². The molecular formula is C33H38N6O6S2. The second-order valence-corrected chi connectivity index (χ2v) is 14.4. The fourth-order valence-electron chi connectivity index (χ4n) is 5.28. The van der Waals surface area contributed by atoms with Crippen molar-refractivity contribution >= 4 is 55.1 Å². The number of aromatic nitrogens is 1. The summed E-state index contributed by atoms with van der Waals surface area (Å²) in [5.74, 6) is -0.649. The van der Waals surface area contributed by atoms with Gasteiger partial charge in [0.25, 0.3) is 0 Å². The van der Waals surface area contributed by atoms with Crippen molar-refractivity contribution in [3.05, 3.63) is 89.4 Å². The van der Waals surface area contributed by atoms with Crippen molar-refractivity contribution in [2.45, 2.75) is 49.8 Å². The van der Waals surface area contributed by atoms with E-state index in [0.29, 0.717) is 11.2 Å². The number of amides is 2. The molecule has 4 atom stereocenters. The number of rotatable bonds is 14. The first-order chi connectivity index (χ1) is 22.5. The first-order valence-electron chi connectivity index (χ1n) is 15.2. The summed E-state index contributed by atoms with van der Waals surface area (Å²) in [6.45, 7) is 3.90. The molecule has 0 bridgehead atoms. The average Bonchev–Trinajstić information content (AvgIpc) is 3.70. The van der Waals surface area contributed by atoms with Crippen LogP contribution in [0.25, 0.3) is 10.2 Å². The number of hydrogen-bond acceptors (Lipinski definition) is 9. The highest BCUT2D eigenvalue weighted by molar-refractivity contribution is 7.89. The third-order valence-electron chi connectivity index (χ3n) is 8.17. The van der Waals surface area contributed by atoms with Gasteiger partial charge in [-0.2, -0.15) is 4.31 Å². The maximum atomic E-state index is 14.0. The van der Waals surface area contributed by atoms with Crippen LogP contribution in [0, 0.1) is 5.92 Å². The van der Waals surface area contributed by atoms with E-state index in [2.05, 4.69) is 9.98 Å². The molecule has 248 valence electrons. The topological polar surface area (TPSA) is 182 Å². The van der Waals surface area contributed by atoms with Gasteiger partial charge in [-0.05, 0) is 54.3 Å². The zero-order valence-corrected chi connectivity index (χ0v) is 27.7. The number of primary amides is 1. The lowest BCUT2D eigenvalue weighted by atomic mass is 10.0. The summed E-state index contributed by atoms with van der Waals surface area (Å²) in [5, 5.41) is 11.7. The average molecular weight is 679 g/mol. The number of benzene rings is 3. The fourth-order valence-corrected chi connectivity index (χ4v) is 7.67. The lowest BCUT2D eigenvalue weighted by Crippen LogP contribution is -2.45. The molecule has 1 aliphatic rings. The molecule has 2 amide bonds. The minimum Gasteiger partial charge on any atom is -0.436 e. The minimum atomic E-state index is -4.01. The van der Waals surface area contributed by atoms with E-state index in [9.17, 15) is 23.1 Å². The third kappa shape index (κ3) is 7.96. The third-order valence-corrected chi connectivity index (χ3v) is 10.8. The summed E-state index contributed by atoms with van der Waals surface area (Å²) < 4.78 is 35.6. The SMILES string of the molecule is CC[C@@H](C)CN(CC(O)C(Cc1ccccc1)N=C(N)C1CN(c2cccc(C(N)=O)c2)C(=O)O1)S(=O)(=O)c1ccc2ncsc2c1. The molecule has 4 aromatic rings. The standard InChI is InChI=1S/C33H38N6O6S2/c1-3-21(2)17-38(47(43,44)25-12-13-26-30(16-25)46-20-36-26)18-28(40)27(14-22-8-5-4-6-9-22)37-31(34)29-19-39(33(42)45-29)24-11-7-10-23(15-24)32(35)41/h4-13,15-16,20-21,27-29,40H,3,14,17-19H2,1-2H3,(H2,34,37)(H2,35,41)/t21-,27?,28?,29?/m1/s1. The van der Waals surface area contributed by atoms with Gasteiger partial charge < -0.3 is 21.3 Å². The quantitative estimate of drug-likeness (QED) is 0.133. The number of amidine groups is 1. The van der Waals surface area contributed by atoms with Gasteiger partial charge >= 0.3 is 6.09 Å². The van der Waals surface area contributed by atoms with Gasteiger partial charge in [0.05, 0.1) is 39.3 Å². The number of anilines is 1. The van der Waals surface area contributed by atoms with Crippen LogP contribution in [0.15, 0.2) is 88.2 Å². The lowest BCUT2D eigenvalue weighted by molar-refractivity contribution is 0.1000. The van der Waals surface area contributed by atoms with E-state index in [-0.39, 0.29) is 48.3 Å². The van der Waals surface area contributed by atoms with Crippen LogP contribution in [0.5, 0.6) is 0 Å². The van der Waals surface area contributed by atoms with E-state index in [1.807, 2.05) is 44.2 Å². The Labute approximate surface area is 277 Å². The first kappa shape index (κ1) is 34.0. The van der Waals surface area contributed by atoms with Crippen molar-refractivity contribution in [2.24, 2.45) is 22.4 Å². The first-order valence-corrected chi connectivity index (χ1v) is 17.5. The predicted molar refractivity (Wildman–Crippen MR) is 182 cm³/mol. The summed E-state index contributed by atoms with van der Waals surface area (Å²) >= 11 is 1.35. The summed E-state index contributed by atoms with van der Waals surface area (Å²) in [6, 6.07) is 19.6. The maximum absolute atomic E-state index is 14.0. The van der Waals surface area contributed by atoms with E-state index >= 15 is 0 Å². The number of carbonyl (C=O) groups is 2. The number of fused-ring (bicyclic) bond motifs is 1. The Morgan fingerprint density at radius 1 is 1.13 bits per heavy atom. The van der Waals surface area contributed by atoms with E-state index in [1.165, 1.54) is 32.7 Å². The largest absolute Gasteiger partial charge is 0.436 e. The van der Waals surface area contributed by atoms with Crippen LogP contribution in [0.2, 0.25) is 0 Å².